The predicted octanol–water partition coefficient (Wildman–Crippen LogP) is 1.89. The highest BCUT2D eigenvalue weighted by Crippen LogP contribution is 2.42. The molecule has 7 nitrogen and oxygen atoms in total. The second-order valence-electron chi connectivity index (χ2n) is 7.18. The molecule has 1 aliphatic heterocycles. The molecule has 1 saturated heterocycles. The Morgan fingerprint density at radius 1 is 1.24 bits per heavy atom. The van der Waals surface area contributed by atoms with Crippen LogP contribution in [0.25, 0.3) is 10.9 Å². The monoisotopic (exact) mass is 408 g/mol. The van der Waals surface area contributed by atoms with Crippen LogP contribution >= 0.6 is 0 Å². The Kier molecular flexibility index (Phi) is 7.79. The number of ether oxygens (including phenoxy) is 1. The largest absolute Gasteiger partial charge is 0.492 e. The van der Waals surface area contributed by atoms with E-state index < -0.39 is 11.4 Å². The van der Waals surface area contributed by atoms with E-state index in [0.717, 1.165) is 44.5 Å². The number of aromatic nitrogens is 1. The lowest BCUT2D eigenvalue weighted by atomic mass is 10.0. The zero-order valence-corrected chi connectivity index (χ0v) is 16.2. The van der Waals surface area contributed by atoms with Crippen molar-refractivity contribution in [3.05, 3.63) is 34.1 Å². The van der Waals surface area contributed by atoms with E-state index in [1.165, 1.54) is 6.20 Å². The molecule has 4 rings (SSSR count). The third kappa shape index (κ3) is 4.22. The van der Waals surface area contributed by atoms with Gasteiger partial charge in [0.2, 0.25) is 5.43 Å². The number of rotatable bonds is 4. The average molecular weight is 408 g/mol. The number of nitrogens with zero attached hydrogens (tertiary/aromatic N) is 2. The minimum absolute atomic E-state index is 0. The summed E-state index contributed by atoms with van der Waals surface area (Å²) in [6.07, 6.45) is 5.42. The van der Waals surface area contributed by atoms with Gasteiger partial charge in [0.05, 0.1) is 23.7 Å². The summed E-state index contributed by atoms with van der Waals surface area (Å²) in [6, 6.07) is 3.90. The van der Waals surface area contributed by atoms with Crippen molar-refractivity contribution in [2.45, 2.75) is 37.8 Å². The Hall–Kier alpha value is -2.62. The van der Waals surface area contributed by atoms with Crippen molar-refractivity contribution in [2.75, 3.05) is 25.1 Å². The van der Waals surface area contributed by atoms with Crippen LogP contribution in [0.3, 0.4) is 0 Å². The molecule has 1 aromatic heterocycles. The molecule has 3 N–H and O–H groups in total. The summed E-state index contributed by atoms with van der Waals surface area (Å²) in [5.74, 6) is -0.575. The number of fused-ring (bicyclic) bond motifs is 1. The summed E-state index contributed by atoms with van der Waals surface area (Å²) in [4.78, 5) is 26.4. The minimum Gasteiger partial charge on any atom is -0.492 e. The summed E-state index contributed by atoms with van der Waals surface area (Å²) in [5, 5.41) is 9.79. The van der Waals surface area contributed by atoms with E-state index in [1.807, 2.05) is 10.6 Å². The van der Waals surface area contributed by atoms with Crippen molar-refractivity contribution in [3.63, 3.8) is 0 Å². The molecular weight excluding hydrogens is 383 g/mol. The van der Waals surface area contributed by atoms with Crippen LogP contribution in [0.1, 0.15) is 42.1 Å². The van der Waals surface area contributed by atoms with Crippen molar-refractivity contribution in [1.29, 1.82) is 0 Å². The Bertz CT molecular complexity index is 949. The summed E-state index contributed by atoms with van der Waals surface area (Å²) in [5.41, 5.74) is 7.06. The lowest BCUT2D eigenvalue weighted by Gasteiger charge is -2.34. The van der Waals surface area contributed by atoms with E-state index in [4.69, 9.17) is 10.5 Å². The van der Waals surface area contributed by atoms with E-state index in [0.29, 0.717) is 16.7 Å². The lowest BCUT2D eigenvalue weighted by Crippen LogP contribution is -2.43. The molecule has 29 heavy (non-hydrogen) atoms. The van der Waals surface area contributed by atoms with Crippen LogP contribution in [0.2, 0.25) is 0 Å². The summed E-state index contributed by atoms with van der Waals surface area (Å²) >= 11 is 0. The molecule has 2 aliphatic rings. The Balaban J connectivity index is 0.00000140. The van der Waals surface area contributed by atoms with Crippen molar-refractivity contribution in [1.82, 2.24) is 4.57 Å². The number of anilines is 1. The summed E-state index contributed by atoms with van der Waals surface area (Å²) in [7, 11) is 1.59. The van der Waals surface area contributed by atoms with E-state index in [1.54, 1.807) is 13.2 Å². The standard InChI is InChI=1S/C19H23N3O4.B.2FH/c1-26-18-15(21-8-2-3-11(20)9-21)7-6-13-16(18)22(12-4-5-12)10-14(17(13)23)19(24)25;;;/h6-7,10-12H,2-5,8-9,20H2,1H3,(H,24,25);;2*1H. The quantitative estimate of drug-likeness (QED) is 0.751. The van der Waals surface area contributed by atoms with Crippen LogP contribution in [0, 0.1) is 0 Å². The van der Waals surface area contributed by atoms with Gasteiger partial charge in [0, 0.05) is 39.8 Å². The minimum atomic E-state index is -1.20. The SMILES string of the molecule is COc1c(N2CCCC(N)C2)ccc2c(=O)c(C(=O)O)cn(C3CC3)c12.F.F.[B]. The van der Waals surface area contributed by atoms with E-state index in [2.05, 4.69) is 4.90 Å². The molecule has 2 aromatic rings. The van der Waals surface area contributed by atoms with Gasteiger partial charge in [-0.15, -0.1) is 0 Å². The van der Waals surface area contributed by atoms with Gasteiger partial charge in [0.25, 0.3) is 0 Å². The molecule has 157 valence electrons. The maximum atomic E-state index is 12.7. The first kappa shape index (κ1) is 24.4. The van der Waals surface area contributed by atoms with Crippen molar-refractivity contribution in [2.24, 2.45) is 5.73 Å². The fourth-order valence-electron chi connectivity index (χ4n) is 3.88. The maximum absolute atomic E-state index is 12.7. The normalized spacial score (nSPS) is 18.3. The topological polar surface area (TPSA) is 97.8 Å². The van der Waals surface area contributed by atoms with Gasteiger partial charge < -0.3 is 25.0 Å². The highest BCUT2D eigenvalue weighted by molar-refractivity contribution is 5.97. The van der Waals surface area contributed by atoms with Crippen LogP contribution in [0.5, 0.6) is 5.75 Å². The van der Waals surface area contributed by atoms with Crippen LogP contribution in [0.4, 0.5) is 15.1 Å². The average Bonchev–Trinajstić information content (AvgIpc) is 3.46. The molecule has 1 unspecified atom stereocenters. The lowest BCUT2D eigenvalue weighted by molar-refractivity contribution is 0.0695. The fourth-order valence-corrected chi connectivity index (χ4v) is 3.88. The van der Waals surface area contributed by atoms with Crippen LogP contribution in [0.15, 0.2) is 23.1 Å². The van der Waals surface area contributed by atoms with Crippen LogP contribution in [-0.2, 0) is 0 Å². The number of hydrogen-bond donors (Lipinski definition) is 2. The van der Waals surface area contributed by atoms with Gasteiger partial charge in [-0.05, 0) is 37.8 Å². The molecule has 10 heteroatoms. The van der Waals surface area contributed by atoms with Gasteiger partial charge in [0.1, 0.15) is 5.56 Å². The number of pyridine rings is 1. The molecule has 1 aliphatic carbocycles. The van der Waals surface area contributed by atoms with Gasteiger partial charge >= 0.3 is 5.97 Å². The van der Waals surface area contributed by atoms with E-state index >= 15 is 0 Å². The van der Waals surface area contributed by atoms with Gasteiger partial charge in [-0.25, -0.2) is 4.79 Å². The number of carbonyl (C=O) groups is 1. The van der Waals surface area contributed by atoms with Gasteiger partial charge in [-0.1, -0.05) is 0 Å². The summed E-state index contributed by atoms with van der Waals surface area (Å²) in [6.45, 7) is 1.62. The van der Waals surface area contributed by atoms with Crippen molar-refractivity contribution >= 4 is 31.0 Å². The number of hydrogen-bond acceptors (Lipinski definition) is 5. The molecular formula is C19H25BF2N3O4. The first-order valence-corrected chi connectivity index (χ1v) is 9.01. The Labute approximate surface area is 168 Å². The second-order valence-corrected chi connectivity index (χ2v) is 7.18. The number of carboxylic acid groups (broad SMARTS) is 1. The number of aromatic carboxylic acids is 1. The number of benzene rings is 1. The molecule has 0 spiro atoms. The zero-order chi connectivity index (χ0) is 18.4. The number of halogens is 2. The smallest absolute Gasteiger partial charge is 0.341 e. The molecule has 0 bridgehead atoms. The van der Waals surface area contributed by atoms with Crippen molar-refractivity contribution < 1.29 is 24.0 Å². The first-order valence-electron chi connectivity index (χ1n) is 9.01. The van der Waals surface area contributed by atoms with Gasteiger partial charge in [-0.3, -0.25) is 14.2 Å². The third-order valence-corrected chi connectivity index (χ3v) is 5.30. The number of nitrogens with two attached hydrogens (primary N) is 1. The molecule has 0 amide bonds. The molecule has 3 radical (unpaired) electrons. The zero-order valence-electron chi connectivity index (χ0n) is 16.2. The Morgan fingerprint density at radius 3 is 2.48 bits per heavy atom. The molecule has 1 saturated carbocycles. The van der Waals surface area contributed by atoms with Crippen LogP contribution in [-0.4, -0.2) is 50.3 Å². The Morgan fingerprint density at radius 2 is 1.93 bits per heavy atom. The van der Waals surface area contributed by atoms with E-state index in [-0.39, 0.29) is 35.5 Å². The molecule has 2 heterocycles. The highest BCUT2D eigenvalue weighted by atomic mass is 19.0. The fraction of sp³-hybridized carbons (Fsp3) is 0.474. The third-order valence-electron chi connectivity index (χ3n) is 5.30. The second kappa shape index (κ2) is 9.26. The molecule has 1 atom stereocenters. The van der Waals surface area contributed by atoms with Crippen LogP contribution < -0.4 is 20.8 Å². The molecule has 2 fully saturated rings. The maximum Gasteiger partial charge on any atom is 0.341 e. The predicted molar refractivity (Wildman–Crippen MR) is 110 cm³/mol. The summed E-state index contributed by atoms with van der Waals surface area (Å²) < 4.78 is 7.64. The number of methoxy groups -OCH3 is 1. The number of carboxylic acids is 1. The number of piperidine rings is 1. The van der Waals surface area contributed by atoms with Gasteiger partial charge in [0.15, 0.2) is 5.75 Å². The molecule has 1 aromatic carbocycles. The highest BCUT2D eigenvalue weighted by Gasteiger charge is 2.30. The van der Waals surface area contributed by atoms with Gasteiger partial charge in [-0.2, -0.15) is 0 Å². The van der Waals surface area contributed by atoms with Crippen molar-refractivity contribution in [3.8, 4) is 5.75 Å². The first-order chi connectivity index (χ1) is 12.5. The van der Waals surface area contributed by atoms with E-state index in [9.17, 15) is 14.7 Å².